The van der Waals surface area contributed by atoms with Crippen LogP contribution in [0.2, 0.25) is 0 Å². The minimum atomic E-state index is 0.612. The number of nitrogens with two attached hydrogens (primary N) is 1. The molecule has 0 saturated heterocycles. The molecule has 2 nitrogen and oxygen atoms in total. The summed E-state index contributed by atoms with van der Waals surface area (Å²) in [5, 5.41) is 0. The molecule has 3 N–H and O–H groups in total. The standard InChI is InChI=1S/C9H12N2/c10-6-8-5-7-3-1-2-4-9(7)11-8/h2,4-5,11H,1,3,6,10H2. The van der Waals surface area contributed by atoms with Gasteiger partial charge >= 0.3 is 0 Å². The van der Waals surface area contributed by atoms with Crippen molar-refractivity contribution in [3.63, 3.8) is 0 Å². The highest BCUT2D eigenvalue weighted by molar-refractivity contribution is 5.53. The van der Waals surface area contributed by atoms with E-state index >= 15 is 0 Å². The highest BCUT2D eigenvalue weighted by atomic mass is 14.8. The number of fused-ring (bicyclic) bond motifs is 1. The summed E-state index contributed by atoms with van der Waals surface area (Å²) in [4.78, 5) is 3.27. The average molecular weight is 148 g/mol. The molecule has 0 unspecified atom stereocenters. The maximum absolute atomic E-state index is 5.51. The molecule has 2 heteroatoms. The van der Waals surface area contributed by atoms with E-state index in [2.05, 4.69) is 23.2 Å². The highest BCUT2D eigenvalue weighted by Crippen LogP contribution is 2.19. The van der Waals surface area contributed by atoms with Crippen molar-refractivity contribution in [1.82, 2.24) is 4.98 Å². The molecule has 58 valence electrons. The number of rotatable bonds is 1. The fourth-order valence-corrected chi connectivity index (χ4v) is 1.48. The van der Waals surface area contributed by atoms with Crippen molar-refractivity contribution in [3.8, 4) is 0 Å². The smallest absolute Gasteiger partial charge is 0.0412 e. The first-order valence-corrected chi connectivity index (χ1v) is 3.97. The second-order valence-corrected chi connectivity index (χ2v) is 2.88. The molecule has 0 saturated carbocycles. The van der Waals surface area contributed by atoms with Crippen LogP contribution < -0.4 is 5.73 Å². The Bertz CT molecular complexity index is 284. The van der Waals surface area contributed by atoms with Crippen LogP contribution in [0.25, 0.3) is 6.08 Å². The Kier molecular flexibility index (Phi) is 1.55. The van der Waals surface area contributed by atoms with Gasteiger partial charge in [0.1, 0.15) is 0 Å². The number of hydrogen-bond acceptors (Lipinski definition) is 1. The Morgan fingerprint density at radius 2 is 2.45 bits per heavy atom. The molecule has 1 aromatic heterocycles. The highest BCUT2D eigenvalue weighted by Gasteiger charge is 2.06. The van der Waals surface area contributed by atoms with E-state index in [1.807, 2.05) is 0 Å². The fraction of sp³-hybridized carbons (Fsp3) is 0.333. The van der Waals surface area contributed by atoms with E-state index in [9.17, 15) is 0 Å². The van der Waals surface area contributed by atoms with Gasteiger partial charge in [-0.3, -0.25) is 0 Å². The molecule has 0 fully saturated rings. The van der Waals surface area contributed by atoms with Gasteiger partial charge in [-0.15, -0.1) is 0 Å². The van der Waals surface area contributed by atoms with Crippen LogP contribution in [-0.4, -0.2) is 4.98 Å². The maximum atomic E-state index is 5.51. The van der Waals surface area contributed by atoms with Gasteiger partial charge in [-0.2, -0.15) is 0 Å². The van der Waals surface area contributed by atoms with Crippen LogP contribution in [0, 0.1) is 0 Å². The van der Waals surface area contributed by atoms with Crippen LogP contribution in [0.15, 0.2) is 12.1 Å². The first-order valence-electron chi connectivity index (χ1n) is 3.97. The Labute approximate surface area is 66.1 Å². The number of nitrogens with one attached hydrogen (secondary N) is 1. The van der Waals surface area contributed by atoms with Gasteiger partial charge < -0.3 is 10.7 Å². The lowest BCUT2D eigenvalue weighted by Crippen LogP contribution is -1.95. The van der Waals surface area contributed by atoms with Crippen molar-refractivity contribution in [1.29, 1.82) is 0 Å². The van der Waals surface area contributed by atoms with E-state index in [-0.39, 0.29) is 0 Å². The van der Waals surface area contributed by atoms with Crippen molar-refractivity contribution in [2.45, 2.75) is 19.4 Å². The van der Waals surface area contributed by atoms with Crippen molar-refractivity contribution in [2.75, 3.05) is 0 Å². The minimum absolute atomic E-state index is 0.612. The summed E-state index contributed by atoms with van der Waals surface area (Å²) in [5.74, 6) is 0. The molecule has 0 atom stereocenters. The summed E-state index contributed by atoms with van der Waals surface area (Å²) in [5.41, 5.74) is 9.30. The molecule has 1 heterocycles. The Hall–Kier alpha value is -1.02. The SMILES string of the molecule is NCc1cc2c([nH]1)C=CCC2. The molecule has 0 bridgehead atoms. The van der Waals surface area contributed by atoms with Crippen LogP contribution in [0.1, 0.15) is 23.4 Å². The number of hydrogen-bond donors (Lipinski definition) is 2. The lowest BCUT2D eigenvalue weighted by Gasteiger charge is -2.01. The summed E-state index contributed by atoms with van der Waals surface area (Å²) >= 11 is 0. The quantitative estimate of drug-likeness (QED) is 0.621. The molecule has 2 rings (SSSR count). The zero-order valence-corrected chi connectivity index (χ0v) is 6.43. The largest absolute Gasteiger partial charge is 0.358 e. The number of aryl methyl sites for hydroxylation is 1. The van der Waals surface area contributed by atoms with Gasteiger partial charge in [0.25, 0.3) is 0 Å². The van der Waals surface area contributed by atoms with Gasteiger partial charge in [-0.05, 0) is 30.5 Å². The first-order chi connectivity index (χ1) is 5.40. The Morgan fingerprint density at radius 3 is 3.18 bits per heavy atom. The second-order valence-electron chi connectivity index (χ2n) is 2.88. The van der Waals surface area contributed by atoms with E-state index in [0.29, 0.717) is 6.54 Å². The molecule has 0 aliphatic heterocycles. The minimum Gasteiger partial charge on any atom is -0.358 e. The third kappa shape index (κ3) is 1.10. The molecule has 0 amide bonds. The summed E-state index contributed by atoms with van der Waals surface area (Å²) in [6.07, 6.45) is 6.65. The van der Waals surface area contributed by atoms with E-state index in [0.717, 1.165) is 18.5 Å². The van der Waals surface area contributed by atoms with Crippen LogP contribution in [0.3, 0.4) is 0 Å². The van der Waals surface area contributed by atoms with E-state index in [1.165, 1.54) is 11.3 Å². The normalized spacial score (nSPS) is 15.0. The number of H-pyrrole nitrogens is 1. The van der Waals surface area contributed by atoms with E-state index < -0.39 is 0 Å². The molecule has 1 aromatic rings. The van der Waals surface area contributed by atoms with Crippen LogP contribution in [0.4, 0.5) is 0 Å². The maximum Gasteiger partial charge on any atom is 0.0412 e. The van der Waals surface area contributed by atoms with Gasteiger partial charge in [-0.1, -0.05) is 6.08 Å². The molecule has 1 aliphatic carbocycles. The predicted octanol–water partition coefficient (Wildman–Crippen LogP) is 1.43. The third-order valence-electron chi connectivity index (χ3n) is 2.07. The third-order valence-corrected chi connectivity index (χ3v) is 2.07. The van der Waals surface area contributed by atoms with E-state index in [4.69, 9.17) is 5.73 Å². The molecular weight excluding hydrogens is 136 g/mol. The summed E-state index contributed by atoms with van der Waals surface area (Å²) in [6, 6.07) is 2.17. The second kappa shape index (κ2) is 2.55. The molecular formula is C9H12N2. The number of aromatic amines is 1. The zero-order chi connectivity index (χ0) is 7.68. The van der Waals surface area contributed by atoms with Crippen molar-refractivity contribution >= 4 is 6.08 Å². The van der Waals surface area contributed by atoms with Crippen LogP contribution >= 0.6 is 0 Å². The lowest BCUT2D eigenvalue weighted by molar-refractivity contribution is 0.984. The predicted molar refractivity (Wildman–Crippen MR) is 46.0 cm³/mol. The Morgan fingerprint density at radius 1 is 1.55 bits per heavy atom. The number of allylic oxidation sites excluding steroid dienone is 1. The molecule has 1 aliphatic rings. The monoisotopic (exact) mass is 148 g/mol. The molecule has 0 aromatic carbocycles. The lowest BCUT2D eigenvalue weighted by atomic mass is 10.0. The van der Waals surface area contributed by atoms with Gasteiger partial charge in [0, 0.05) is 17.9 Å². The summed E-state index contributed by atoms with van der Waals surface area (Å²) in [6.45, 7) is 0.612. The van der Waals surface area contributed by atoms with Gasteiger partial charge in [0.05, 0.1) is 0 Å². The van der Waals surface area contributed by atoms with E-state index in [1.54, 1.807) is 0 Å². The van der Waals surface area contributed by atoms with Crippen molar-refractivity contribution in [3.05, 3.63) is 29.1 Å². The van der Waals surface area contributed by atoms with Crippen molar-refractivity contribution in [2.24, 2.45) is 5.73 Å². The fourth-order valence-electron chi connectivity index (χ4n) is 1.48. The molecule has 0 radical (unpaired) electrons. The topological polar surface area (TPSA) is 41.8 Å². The van der Waals surface area contributed by atoms with Crippen molar-refractivity contribution < 1.29 is 0 Å². The first kappa shape index (κ1) is 6.68. The Balaban J connectivity index is 2.42. The molecule has 11 heavy (non-hydrogen) atoms. The summed E-state index contributed by atoms with van der Waals surface area (Å²) < 4.78 is 0. The zero-order valence-electron chi connectivity index (χ0n) is 6.43. The van der Waals surface area contributed by atoms with Crippen LogP contribution in [0.5, 0.6) is 0 Å². The number of aromatic nitrogens is 1. The van der Waals surface area contributed by atoms with Gasteiger partial charge in [-0.25, -0.2) is 0 Å². The van der Waals surface area contributed by atoms with Gasteiger partial charge in [0.2, 0.25) is 0 Å². The summed E-state index contributed by atoms with van der Waals surface area (Å²) in [7, 11) is 0. The van der Waals surface area contributed by atoms with Crippen LogP contribution in [-0.2, 0) is 13.0 Å². The molecule has 0 spiro atoms. The van der Waals surface area contributed by atoms with Gasteiger partial charge in [0.15, 0.2) is 0 Å². The average Bonchev–Trinajstić information content (AvgIpc) is 2.46.